The van der Waals surface area contributed by atoms with Crippen LogP contribution in [0.2, 0.25) is 0 Å². The Balaban J connectivity index is 1.93. The molecule has 3 nitrogen and oxygen atoms in total. The van der Waals surface area contributed by atoms with Crippen LogP contribution < -0.4 is 15.2 Å². The fourth-order valence-electron chi connectivity index (χ4n) is 2.52. The molecular formula is C16H16BrNO2. The lowest BCUT2D eigenvalue weighted by Gasteiger charge is -2.31. The van der Waals surface area contributed by atoms with Crippen molar-refractivity contribution in [2.75, 3.05) is 7.11 Å². The Labute approximate surface area is 126 Å². The largest absolute Gasteiger partial charge is 0.497 e. The van der Waals surface area contributed by atoms with Gasteiger partial charge in [0.25, 0.3) is 0 Å². The number of methoxy groups -OCH3 is 1. The summed E-state index contributed by atoms with van der Waals surface area (Å²) in [5.74, 6) is 1.65. The van der Waals surface area contributed by atoms with Gasteiger partial charge in [0, 0.05) is 22.5 Å². The van der Waals surface area contributed by atoms with Gasteiger partial charge in [-0.25, -0.2) is 0 Å². The molecular weight excluding hydrogens is 318 g/mol. The summed E-state index contributed by atoms with van der Waals surface area (Å²) >= 11 is 3.49. The third-order valence-corrected chi connectivity index (χ3v) is 4.07. The molecule has 0 aromatic heterocycles. The van der Waals surface area contributed by atoms with Crippen molar-refractivity contribution in [3.05, 3.63) is 58.1 Å². The Hall–Kier alpha value is -1.52. The van der Waals surface area contributed by atoms with Crippen LogP contribution in [0.4, 0.5) is 0 Å². The molecule has 2 N–H and O–H groups in total. The van der Waals surface area contributed by atoms with E-state index in [1.807, 2.05) is 30.3 Å². The van der Waals surface area contributed by atoms with Crippen molar-refractivity contribution in [3.8, 4) is 11.5 Å². The van der Waals surface area contributed by atoms with Crippen LogP contribution in [-0.4, -0.2) is 7.11 Å². The highest BCUT2D eigenvalue weighted by atomic mass is 79.9. The SMILES string of the molecule is COc1ccc2c(c1)C(N)CC(c1cccc(Br)c1)O2. The number of hydrogen-bond acceptors (Lipinski definition) is 3. The normalized spacial score (nSPS) is 20.9. The molecule has 104 valence electrons. The third kappa shape index (κ3) is 2.53. The van der Waals surface area contributed by atoms with Gasteiger partial charge in [0.1, 0.15) is 17.6 Å². The molecule has 2 unspecified atom stereocenters. The van der Waals surface area contributed by atoms with Crippen LogP contribution >= 0.6 is 15.9 Å². The van der Waals surface area contributed by atoms with Crippen molar-refractivity contribution >= 4 is 15.9 Å². The highest BCUT2D eigenvalue weighted by Crippen LogP contribution is 2.41. The van der Waals surface area contributed by atoms with Crippen molar-refractivity contribution in [1.82, 2.24) is 0 Å². The first kappa shape index (κ1) is 13.5. The molecule has 1 heterocycles. The minimum atomic E-state index is -0.0437. The molecule has 1 aliphatic heterocycles. The molecule has 0 aliphatic carbocycles. The van der Waals surface area contributed by atoms with Crippen LogP contribution in [0.15, 0.2) is 46.9 Å². The lowest BCUT2D eigenvalue weighted by Crippen LogP contribution is -2.24. The summed E-state index contributed by atoms with van der Waals surface area (Å²) in [4.78, 5) is 0. The van der Waals surface area contributed by atoms with Gasteiger partial charge in [-0.2, -0.15) is 0 Å². The smallest absolute Gasteiger partial charge is 0.126 e. The average molecular weight is 334 g/mol. The molecule has 0 amide bonds. The van der Waals surface area contributed by atoms with E-state index in [-0.39, 0.29) is 12.1 Å². The third-order valence-electron chi connectivity index (χ3n) is 3.57. The van der Waals surface area contributed by atoms with Gasteiger partial charge < -0.3 is 15.2 Å². The van der Waals surface area contributed by atoms with Crippen molar-refractivity contribution < 1.29 is 9.47 Å². The Bertz CT molecular complexity index is 630. The number of rotatable bonds is 2. The monoisotopic (exact) mass is 333 g/mol. The number of halogens is 1. The molecule has 1 aliphatic rings. The zero-order valence-electron chi connectivity index (χ0n) is 11.2. The summed E-state index contributed by atoms with van der Waals surface area (Å²) < 4.78 is 12.4. The zero-order valence-corrected chi connectivity index (χ0v) is 12.8. The fourth-order valence-corrected chi connectivity index (χ4v) is 2.94. The molecule has 0 radical (unpaired) electrons. The quantitative estimate of drug-likeness (QED) is 0.903. The minimum Gasteiger partial charge on any atom is -0.497 e. The standard InChI is InChI=1S/C16H16BrNO2/c1-19-12-5-6-15-13(8-12)14(18)9-16(20-15)10-3-2-4-11(17)7-10/h2-8,14,16H,9,18H2,1H3. The molecule has 2 aromatic rings. The second kappa shape index (κ2) is 5.46. The summed E-state index contributed by atoms with van der Waals surface area (Å²) in [6.45, 7) is 0. The zero-order chi connectivity index (χ0) is 14.1. The highest BCUT2D eigenvalue weighted by molar-refractivity contribution is 9.10. The van der Waals surface area contributed by atoms with E-state index in [1.54, 1.807) is 7.11 Å². The summed E-state index contributed by atoms with van der Waals surface area (Å²) in [6, 6.07) is 13.9. The molecule has 0 spiro atoms. The molecule has 20 heavy (non-hydrogen) atoms. The molecule has 4 heteroatoms. The topological polar surface area (TPSA) is 44.5 Å². The Morgan fingerprint density at radius 1 is 1.25 bits per heavy atom. The second-order valence-corrected chi connectivity index (χ2v) is 5.82. The Morgan fingerprint density at radius 2 is 2.10 bits per heavy atom. The lowest BCUT2D eigenvalue weighted by atomic mass is 9.93. The van der Waals surface area contributed by atoms with E-state index in [0.717, 1.165) is 33.5 Å². The lowest BCUT2D eigenvalue weighted by molar-refractivity contribution is 0.161. The molecule has 2 aromatic carbocycles. The van der Waals surface area contributed by atoms with Crippen molar-refractivity contribution in [3.63, 3.8) is 0 Å². The van der Waals surface area contributed by atoms with Gasteiger partial charge in [-0.3, -0.25) is 0 Å². The van der Waals surface area contributed by atoms with Crippen LogP contribution in [0, 0.1) is 0 Å². The van der Waals surface area contributed by atoms with Gasteiger partial charge in [0.05, 0.1) is 7.11 Å². The molecule has 0 saturated heterocycles. The Morgan fingerprint density at radius 3 is 2.85 bits per heavy atom. The summed E-state index contributed by atoms with van der Waals surface area (Å²) in [7, 11) is 1.65. The van der Waals surface area contributed by atoms with Crippen LogP contribution in [0.1, 0.15) is 29.7 Å². The van der Waals surface area contributed by atoms with Gasteiger partial charge in [-0.15, -0.1) is 0 Å². The maximum Gasteiger partial charge on any atom is 0.126 e. The number of ether oxygens (including phenoxy) is 2. The van der Waals surface area contributed by atoms with Crippen LogP contribution in [0.25, 0.3) is 0 Å². The van der Waals surface area contributed by atoms with Gasteiger partial charge in [-0.1, -0.05) is 28.1 Å². The molecule has 0 fully saturated rings. The van der Waals surface area contributed by atoms with E-state index in [2.05, 4.69) is 28.1 Å². The van der Waals surface area contributed by atoms with E-state index < -0.39 is 0 Å². The van der Waals surface area contributed by atoms with Gasteiger partial charge in [0.15, 0.2) is 0 Å². The van der Waals surface area contributed by atoms with Crippen LogP contribution in [0.3, 0.4) is 0 Å². The predicted molar refractivity (Wildman–Crippen MR) is 82.1 cm³/mol. The first-order valence-electron chi connectivity index (χ1n) is 6.53. The first-order chi connectivity index (χ1) is 9.67. The van der Waals surface area contributed by atoms with E-state index in [0.29, 0.717) is 0 Å². The van der Waals surface area contributed by atoms with Crippen molar-refractivity contribution in [2.45, 2.75) is 18.6 Å². The summed E-state index contributed by atoms with van der Waals surface area (Å²) in [5, 5.41) is 0. The second-order valence-electron chi connectivity index (χ2n) is 4.91. The Kier molecular flexibility index (Phi) is 3.68. The van der Waals surface area contributed by atoms with Crippen molar-refractivity contribution in [2.24, 2.45) is 5.73 Å². The number of nitrogens with two attached hydrogens (primary N) is 1. The fraction of sp³-hybridized carbons (Fsp3) is 0.250. The average Bonchev–Trinajstić information content (AvgIpc) is 2.47. The maximum atomic E-state index is 6.29. The molecule has 3 rings (SSSR count). The van der Waals surface area contributed by atoms with Gasteiger partial charge in [0.2, 0.25) is 0 Å². The van der Waals surface area contributed by atoms with Crippen LogP contribution in [0.5, 0.6) is 11.5 Å². The van der Waals surface area contributed by atoms with E-state index in [1.165, 1.54) is 0 Å². The summed E-state index contributed by atoms with van der Waals surface area (Å²) in [6.07, 6.45) is 0.750. The molecule has 0 saturated carbocycles. The number of hydrogen-bond donors (Lipinski definition) is 1. The van der Waals surface area contributed by atoms with Crippen molar-refractivity contribution in [1.29, 1.82) is 0 Å². The van der Waals surface area contributed by atoms with Gasteiger partial charge in [-0.05, 0) is 35.9 Å². The summed E-state index contributed by atoms with van der Waals surface area (Å²) in [5.41, 5.74) is 8.43. The van der Waals surface area contributed by atoms with E-state index in [9.17, 15) is 0 Å². The highest BCUT2D eigenvalue weighted by Gasteiger charge is 2.27. The number of benzene rings is 2. The maximum absolute atomic E-state index is 6.29. The van der Waals surface area contributed by atoms with Gasteiger partial charge >= 0.3 is 0 Å². The van der Waals surface area contributed by atoms with E-state index >= 15 is 0 Å². The number of fused-ring (bicyclic) bond motifs is 1. The molecule has 2 atom stereocenters. The first-order valence-corrected chi connectivity index (χ1v) is 7.32. The van der Waals surface area contributed by atoms with E-state index in [4.69, 9.17) is 15.2 Å². The van der Waals surface area contributed by atoms with Crippen LogP contribution in [-0.2, 0) is 0 Å². The molecule has 0 bridgehead atoms. The predicted octanol–water partition coefficient (Wildman–Crippen LogP) is 3.98. The minimum absolute atomic E-state index is 0.0107.